The van der Waals surface area contributed by atoms with Crippen molar-refractivity contribution in [1.29, 1.82) is 0 Å². The van der Waals surface area contributed by atoms with Crippen LogP contribution in [-0.4, -0.2) is 9.13 Å². The number of aromatic nitrogens is 2. The van der Waals surface area contributed by atoms with Crippen molar-refractivity contribution >= 4 is 88.5 Å². The molecule has 0 saturated carbocycles. The maximum absolute atomic E-state index is 2.46. The first-order chi connectivity index (χ1) is 52.4. The molecule has 0 atom stereocenters. The fraction of sp³-hybridized carbons (Fsp3) is 0.0874. The van der Waals surface area contributed by atoms with E-state index < -0.39 is 0 Å². The second kappa shape index (κ2) is 24.6. The molecule has 21 rings (SSSR count). The summed E-state index contributed by atoms with van der Waals surface area (Å²) < 4.78 is 4.76. The Kier molecular flexibility index (Phi) is 14.6. The zero-order chi connectivity index (χ0) is 71.9. The minimum Gasteiger partial charge on any atom is -0.310 e. The molecular weight excluding hydrogens is 1290 g/mol. The van der Waals surface area contributed by atoms with Gasteiger partial charge in [0.2, 0.25) is 0 Å². The molecule has 0 aliphatic heterocycles. The summed E-state index contributed by atoms with van der Waals surface area (Å²) in [5.74, 6) is 0. The number of hydrogen-bond donors (Lipinski definition) is 0. The van der Waals surface area contributed by atoms with Gasteiger partial charge in [0.1, 0.15) is 0 Å². The molecule has 2 heterocycles. The fourth-order valence-electron chi connectivity index (χ4n) is 18.5. The van der Waals surface area contributed by atoms with Gasteiger partial charge in [0, 0.05) is 83.0 Å². The lowest BCUT2D eigenvalue weighted by Gasteiger charge is -2.30. The average molecular weight is 1370 g/mol. The topological polar surface area (TPSA) is 16.3 Å². The van der Waals surface area contributed by atoms with Crippen LogP contribution in [0.1, 0.15) is 74.9 Å². The van der Waals surface area contributed by atoms with Crippen LogP contribution in [0.3, 0.4) is 0 Å². The Bertz CT molecular complexity index is 6480. The maximum Gasteiger partial charge on any atom is 0.0541 e. The fourth-order valence-corrected chi connectivity index (χ4v) is 18.5. The van der Waals surface area contributed by atoms with Gasteiger partial charge in [-0.25, -0.2) is 0 Å². The molecule has 0 radical (unpaired) electrons. The van der Waals surface area contributed by atoms with E-state index in [9.17, 15) is 0 Å². The Morgan fingerprint density at radius 2 is 0.523 bits per heavy atom. The average Bonchev–Trinajstić information content (AvgIpc) is 1.58. The molecule has 2 aromatic heterocycles. The number of fused-ring (bicyclic) bond motifs is 16. The van der Waals surface area contributed by atoms with Crippen LogP contribution in [0.25, 0.3) is 121 Å². The predicted molar refractivity (Wildman–Crippen MR) is 452 cm³/mol. The SMILES string of the molecule is CC1(C)c2ccccc2-c2ccc(N(c3ccc(-c4ccc5c(c4)c4ccccc4n5-c4ccccc4)cc3)c3ccc4c(c3)C(C)(C)c3ccccc3-4)cc21.CC1(C)c2ccccc2-c2ccc(N(c3ccccc3)c3ccc(-c4ccc5c(c4)c4ccccc4n5-c4ccccc4)c4ccccc34)cc21. The highest BCUT2D eigenvalue weighted by atomic mass is 15.1. The van der Waals surface area contributed by atoms with Crippen LogP contribution in [-0.2, 0) is 16.2 Å². The summed E-state index contributed by atoms with van der Waals surface area (Å²) in [6.07, 6.45) is 0. The van der Waals surface area contributed by atoms with Gasteiger partial charge >= 0.3 is 0 Å². The van der Waals surface area contributed by atoms with Crippen LogP contribution in [0.2, 0.25) is 0 Å². The third-order valence-corrected chi connectivity index (χ3v) is 23.8. The lowest BCUT2D eigenvalue weighted by atomic mass is 9.82. The molecule has 0 N–H and O–H groups in total. The van der Waals surface area contributed by atoms with Gasteiger partial charge in [0.15, 0.2) is 0 Å². The molecular formula is C103H78N4. The summed E-state index contributed by atoms with van der Waals surface area (Å²) in [5.41, 5.74) is 35.0. The molecule has 0 bridgehead atoms. The second-order valence-corrected chi connectivity index (χ2v) is 30.8. The quantitative estimate of drug-likeness (QED) is 0.136. The number of nitrogens with zero attached hydrogens (tertiary/aromatic N) is 4. The number of benzene rings is 16. The van der Waals surface area contributed by atoms with E-state index >= 15 is 0 Å². The van der Waals surface area contributed by atoms with E-state index in [-0.39, 0.29) is 16.2 Å². The second-order valence-electron chi connectivity index (χ2n) is 30.8. The molecule has 0 unspecified atom stereocenters. The van der Waals surface area contributed by atoms with Gasteiger partial charge in [-0.3, -0.25) is 0 Å². The van der Waals surface area contributed by atoms with Crippen molar-refractivity contribution in [2.24, 2.45) is 0 Å². The highest BCUT2D eigenvalue weighted by molar-refractivity contribution is 6.14. The van der Waals surface area contributed by atoms with Gasteiger partial charge in [-0.05, 0) is 222 Å². The number of para-hydroxylation sites is 5. The zero-order valence-corrected chi connectivity index (χ0v) is 60.9. The Morgan fingerprint density at radius 3 is 1.00 bits per heavy atom. The number of hydrogen-bond acceptors (Lipinski definition) is 2. The van der Waals surface area contributed by atoms with Crippen molar-refractivity contribution in [2.45, 2.75) is 57.8 Å². The van der Waals surface area contributed by atoms with Gasteiger partial charge < -0.3 is 18.9 Å². The van der Waals surface area contributed by atoms with Crippen LogP contribution >= 0.6 is 0 Å². The third kappa shape index (κ3) is 10.0. The molecule has 3 aliphatic rings. The van der Waals surface area contributed by atoms with Crippen molar-refractivity contribution < 1.29 is 0 Å². The minimum absolute atomic E-state index is 0.0848. The summed E-state index contributed by atoms with van der Waals surface area (Å²) in [6.45, 7) is 14.2. The first-order valence-electron chi connectivity index (χ1n) is 37.6. The van der Waals surface area contributed by atoms with Crippen LogP contribution in [0.5, 0.6) is 0 Å². The van der Waals surface area contributed by atoms with Crippen LogP contribution < -0.4 is 9.80 Å². The minimum atomic E-state index is -0.0959. The molecule has 4 heteroatoms. The predicted octanol–water partition coefficient (Wildman–Crippen LogP) is 27.9. The van der Waals surface area contributed by atoms with E-state index in [2.05, 4.69) is 424 Å². The molecule has 0 amide bonds. The molecule has 16 aromatic carbocycles. The molecule has 0 saturated heterocycles. The Hall–Kier alpha value is -13.0. The van der Waals surface area contributed by atoms with Gasteiger partial charge in [-0.15, -0.1) is 0 Å². The van der Waals surface area contributed by atoms with Crippen molar-refractivity contribution in [3.8, 4) is 67.0 Å². The third-order valence-electron chi connectivity index (χ3n) is 23.8. The van der Waals surface area contributed by atoms with Gasteiger partial charge in [-0.2, -0.15) is 0 Å². The van der Waals surface area contributed by atoms with Gasteiger partial charge in [-0.1, -0.05) is 278 Å². The van der Waals surface area contributed by atoms with Crippen LogP contribution in [0, 0.1) is 0 Å². The van der Waals surface area contributed by atoms with E-state index in [1.807, 2.05) is 0 Å². The molecule has 510 valence electrons. The first-order valence-corrected chi connectivity index (χ1v) is 37.6. The highest BCUT2D eigenvalue weighted by Gasteiger charge is 2.39. The Morgan fingerprint density at radius 1 is 0.196 bits per heavy atom. The normalized spacial score (nSPS) is 13.7. The molecule has 107 heavy (non-hydrogen) atoms. The molecule has 0 fully saturated rings. The van der Waals surface area contributed by atoms with Crippen molar-refractivity contribution in [3.05, 3.63) is 397 Å². The standard InChI is InChI=1S/C54H42N2.C49H36N2/c1-53(2)47-19-11-8-16-41(47)43-29-27-39(33-49(43)53)55(40-28-30-44-42-17-9-12-20-48(42)54(3,4)50(44)34-40)38-25-22-35(23-26-38)36-24-31-52-46(32-36)45-18-10-13-21-51(45)56(52)37-14-6-5-7-15-37;1-49(2)44-23-13-11-20-39(44)40-27-26-36(32-45(40)49)50(34-15-5-3-6-16-34)47-30-28-37(38-19-9-10-21-41(38)47)33-25-29-48-43(31-33)42-22-12-14-24-46(42)51(48)35-17-7-4-8-18-35/h5-34H,1-4H3;3-32H,1-2H3. The lowest BCUT2D eigenvalue weighted by molar-refractivity contribution is 0.660. The number of anilines is 6. The molecule has 0 spiro atoms. The summed E-state index contributed by atoms with van der Waals surface area (Å²) in [5, 5.41) is 7.49. The van der Waals surface area contributed by atoms with Crippen LogP contribution in [0.4, 0.5) is 34.1 Å². The largest absolute Gasteiger partial charge is 0.310 e. The molecule has 4 nitrogen and oxygen atoms in total. The Balaban J connectivity index is 0.000000142. The van der Waals surface area contributed by atoms with E-state index in [1.165, 1.54) is 166 Å². The number of rotatable bonds is 10. The van der Waals surface area contributed by atoms with E-state index in [0.29, 0.717) is 0 Å². The monoisotopic (exact) mass is 1370 g/mol. The van der Waals surface area contributed by atoms with Gasteiger partial charge in [0.25, 0.3) is 0 Å². The highest BCUT2D eigenvalue weighted by Crippen LogP contribution is 2.55. The van der Waals surface area contributed by atoms with Crippen molar-refractivity contribution in [3.63, 3.8) is 0 Å². The maximum atomic E-state index is 2.46. The summed E-state index contributed by atoms with van der Waals surface area (Å²) >= 11 is 0. The van der Waals surface area contributed by atoms with E-state index in [0.717, 1.165) is 22.7 Å². The zero-order valence-electron chi connectivity index (χ0n) is 60.9. The Labute approximate surface area is 625 Å². The van der Waals surface area contributed by atoms with E-state index in [4.69, 9.17) is 0 Å². The summed E-state index contributed by atoms with van der Waals surface area (Å²) in [4.78, 5) is 4.89. The van der Waals surface area contributed by atoms with Crippen molar-refractivity contribution in [2.75, 3.05) is 9.80 Å². The smallest absolute Gasteiger partial charge is 0.0541 e. The lowest BCUT2D eigenvalue weighted by Crippen LogP contribution is -2.18. The van der Waals surface area contributed by atoms with E-state index in [1.54, 1.807) is 0 Å². The first kappa shape index (κ1) is 63.7. The van der Waals surface area contributed by atoms with Crippen LogP contribution in [0.15, 0.2) is 364 Å². The van der Waals surface area contributed by atoms with Gasteiger partial charge in [0.05, 0.1) is 27.8 Å². The molecule has 18 aromatic rings. The molecule has 3 aliphatic carbocycles. The summed E-state index contributed by atoms with van der Waals surface area (Å²) in [7, 11) is 0. The van der Waals surface area contributed by atoms with Crippen molar-refractivity contribution in [1.82, 2.24) is 9.13 Å². The summed E-state index contributed by atoms with van der Waals surface area (Å²) in [6, 6.07) is 134.